The van der Waals surface area contributed by atoms with Gasteiger partial charge in [-0.15, -0.1) is 0 Å². The Labute approximate surface area is 85.3 Å². The van der Waals surface area contributed by atoms with Gasteiger partial charge in [-0.3, -0.25) is 4.79 Å². The Kier molecular flexibility index (Phi) is 2.17. The summed E-state index contributed by atoms with van der Waals surface area (Å²) in [5.74, 6) is 0.291. The second kappa shape index (κ2) is 3.35. The molecule has 0 unspecified atom stereocenters. The Bertz CT molecular complexity index is 533. The molecular formula is C10H8ClNO2. The molecule has 1 N–H and O–H groups in total. The minimum atomic E-state index is -0.234. The van der Waals surface area contributed by atoms with Gasteiger partial charge in [0, 0.05) is 15.9 Å². The molecule has 2 aromatic rings. The van der Waals surface area contributed by atoms with Crippen LogP contribution in [0, 0.1) is 0 Å². The topological polar surface area (TPSA) is 42.1 Å². The highest BCUT2D eigenvalue weighted by Crippen LogP contribution is 2.18. The first-order valence-corrected chi connectivity index (χ1v) is 4.45. The molecule has 1 aromatic carbocycles. The third-order valence-electron chi connectivity index (χ3n) is 1.99. The van der Waals surface area contributed by atoms with Gasteiger partial charge in [-0.2, -0.15) is 0 Å². The molecule has 1 aromatic heterocycles. The summed E-state index contributed by atoms with van der Waals surface area (Å²) < 4.78 is 4.91. The standard InChI is InChI=1S/C10H8ClNO2/c1-14-9-5-6-4-7(11)2-3-8(6)12-10(9)13/h2-5H,1H3,(H,12,13). The van der Waals surface area contributed by atoms with E-state index in [1.54, 1.807) is 24.3 Å². The molecule has 0 bridgehead atoms. The van der Waals surface area contributed by atoms with Crippen molar-refractivity contribution in [2.45, 2.75) is 0 Å². The van der Waals surface area contributed by atoms with E-state index < -0.39 is 0 Å². The number of aromatic nitrogens is 1. The lowest BCUT2D eigenvalue weighted by Crippen LogP contribution is -2.08. The largest absolute Gasteiger partial charge is 0.491 e. The number of pyridine rings is 1. The fraction of sp³-hybridized carbons (Fsp3) is 0.100. The molecule has 4 heteroatoms. The number of methoxy groups -OCH3 is 1. The summed E-state index contributed by atoms with van der Waals surface area (Å²) in [5.41, 5.74) is 0.516. The number of rotatable bonds is 1. The van der Waals surface area contributed by atoms with Gasteiger partial charge < -0.3 is 9.72 Å². The van der Waals surface area contributed by atoms with Crippen LogP contribution < -0.4 is 10.3 Å². The van der Waals surface area contributed by atoms with Crippen molar-refractivity contribution < 1.29 is 4.74 Å². The third-order valence-corrected chi connectivity index (χ3v) is 2.23. The number of H-pyrrole nitrogens is 1. The zero-order valence-electron chi connectivity index (χ0n) is 7.50. The molecule has 0 saturated carbocycles. The van der Waals surface area contributed by atoms with Crippen LogP contribution in [0.2, 0.25) is 5.02 Å². The van der Waals surface area contributed by atoms with Crippen molar-refractivity contribution in [3.8, 4) is 5.75 Å². The molecule has 0 radical (unpaired) electrons. The predicted octanol–water partition coefficient (Wildman–Crippen LogP) is 2.19. The van der Waals surface area contributed by atoms with Crippen molar-refractivity contribution in [1.29, 1.82) is 0 Å². The van der Waals surface area contributed by atoms with Crippen LogP contribution in [0.25, 0.3) is 10.9 Å². The van der Waals surface area contributed by atoms with Crippen LogP contribution in [0.5, 0.6) is 5.75 Å². The summed E-state index contributed by atoms with van der Waals surface area (Å²) in [6.07, 6.45) is 0. The highest BCUT2D eigenvalue weighted by molar-refractivity contribution is 6.31. The number of ether oxygens (including phenoxy) is 1. The lowest BCUT2D eigenvalue weighted by molar-refractivity contribution is 0.409. The first kappa shape index (κ1) is 9.09. The van der Waals surface area contributed by atoms with Gasteiger partial charge in [-0.05, 0) is 24.3 Å². The minimum Gasteiger partial charge on any atom is -0.491 e. The Morgan fingerprint density at radius 2 is 2.14 bits per heavy atom. The molecule has 1 heterocycles. The van der Waals surface area contributed by atoms with Crippen LogP contribution in [-0.4, -0.2) is 12.1 Å². The zero-order valence-corrected chi connectivity index (χ0v) is 8.26. The first-order chi connectivity index (χ1) is 6.70. The molecule has 72 valence electrons. The number of benzene rings is 1. The highest BCUT2D eigenvalue weighted by atomic mass is 35.5. The molecule has 0 aliphatic carbocycles. The van der Waals surface area contributed by atoms with Crippen molar-refractivity contribution in [2.24, 2.45) is 0 Å². The third kappa shape index (κ3) is 1.46. The fourth-order valence-corrected chi connectivity index (χ4v) is 1.49. The maximum Gasteiger partial charge on any atom is 0.290 e. The SMILES string of the molecule is COc1cc2cc(Cl)ccc2[nH]c1=O. The lowest BCUT2D eigenvalue weighted by atomic mass is 10.2. The highest BCUT2D eigenvalue weighted by Gasteiger charge is 2.02. The van der Waals surface area contributed by atoms with Crippen molar-refractivity contribution in [3.05, 3.63) is 39.6 Å². The van der Waals surface area contributed by atoms with Crippen molar-refractivity contribution in [1.82, 2.24) is 4.98 Å². The molecule has 0 spiro atoms. The van der Waals surface area contributed by atoms with E-state index in [0.717, 1.165) is 10.9 Å². The van der Waals surface area contributed by atoms with Gasteiger partial charge in [-0.25, -0.2) is 0 Å². The second-order valence-corrected chi connectivity index (χ2v) is 3.33. The Hall–Kier alpha value is -1.48. The Morgan fingerprint density at radius 3 is 2.86 bits per heavy atom. The first-order valence-electron chi connectivity index (χ1n) is 4.07. The average molecular weight is 210 g/mol. The fourth-order valence-electron chi connectivity index (χ4n) is 1.31. The summed E-state index contributed by atoms with van der Waals surface area (Å²) >= 11 is 5.82. The molecule has 0 aliphatic rings. The average Bonchev–Trinajstić information content (AvgIpc) is 2.17. The molecule has 0 amide bonds. The molecule has 0 fully saturated rings. The molecule has 0 aliphatic heterocycles. The van der Waals surface area contributed by atoms with E-state index in [9.17, 15) is 4.79 Å². The predicted molar refractivity (Wildman–Crippen MR) is 56.1 cm³/mol. The summed E-state index contributed by atoms with van der Waals surface area (Å²) in [4.78, 5) is 14.0. The van der Waals surface area contributed by atoms with Crippen LogP contribution in [-0.2, 0) is 0 Å². The van der Waals surface area contributed by atoms with Crippen LogP contribution >= 0.6 is 11.6 Å². The van der Waals surface area contributed by atoms with Gasteiger partial charge in [0.2, 0.25) is 0 Å². The zero-order chi connectivity index (χ0) is 10.1. The van der Waals surface area contributed by atoms with E-state index in [2.05, 4.69) is 4.98 Å². The minimum absolute atomic E-state index is 0.234. The van der Waals surface area contributed by atoms with Gasteiger partial charge >= 0.3 is 0 Å². The van der Waals surface area contributed by atoms with E-state index >= 15 is 0 Å². The smallest absolute Gasteiger partial charge is 0.290 e. The van der Waals surface area contributed by atoms with Crippen molar-refractivity contribution >= 4 is 22.5 Å². The molecule has 0 saturated heterocycles. The summed E-state index contributed by atoms with van der Waals surface area (Å²) in [6.45, 7) is 0. The van der Waals surface area contributed by atoms with Crippen molar-refractivity contribution in [3.63, 3.8) is 0 Å². The van der Waals surface area contributed by atoms with E-state index in [1.165, 1.54) is 7.11 Å². The number of aromatic amines is 1. The van der Waals surface area contributed by atoms with Crippen LogP contribution in [0.4, 0.5) is 0 Å². The van der Waals surface area contributed by atoms with Crippen LogP contribution in [0.15, 0.2) is 29.1 Å². The van der Waals surface area contributed by atoms with Crippen molar-refractivity contribution in [2.75, 3.05) is 7.11 Å². The van der Waals surface area contributed by atoms with E-state index in [1.807, 2.05) is 0 Å². The number of nitrogens with one attached hydrogen (secondary N) is 1. The number of halogens is 1. The Morgan fingerprint density at radius 1 is 1.36 bits per heavy atom. The van der Waals surface area contributed by atoms with Gasteiger partial charge in [0.25, 0.3) is 5.56 Å². The maximum atomic E-state index is 11.3. The van der Waals surface area contributed by atoms with Crippen LogP contribution in [0.3, 0.4) is 0 Å². The summed E-state index contributed by atoms with van der Waals surface area (Å²) in [6, 6.07) is 6.93. The lowest BCUT2D eigenvalue weighted by Gasteiger charge is -2.01. The van der Waals surface area contributed by atoms with Crippen LogP contribution in [0.1, 0.15) is 0 Å². The van der Waals surface area contributed by atoms with Gasteiger partial charge in [0.05, 0.1) is 7.11 Å². The Balaban J connectivity index is 2.80. The van der Waals surface area contributed by atoms with Gasteiger partial charge in [0.15, 0.2) is 5.75 Å². The molecule has 3 nitrogen and oxygen atoms in total. The number of hydrogen-bond donors (Lipinski definition) is 1. The normalized spacial score (nSPS) is 10.4. The molecule has 2 rings (SSSR count). The monoisotopic (exact) mass is 209 g/mol. The number of hydrogen-bond acceptors (Lipinski definition) is 2. The number of fused-ring (bicyclic) bond motifs is 1. The molecule has 14 heavy (non-hydrogen) atoms. The summed E-state index contributed by atoms with van der Waals surface area (Å²) in [7, 11) is 1.46. The quantitative estimate of drug-likeness (QED) is 0.782. The van der Waals surface area contributed by atoms with E-state index in [-0.39, 0.29) is 5.56 Å². The van der Waals surface area contributed by atoms with Gasteiger partial charge in [-0.1, -0.05) is 11.6 Å². The van der Waals surface area contributed by atoms with E-state index in [4.69, 9.17) is 16.3 Å². The summed E-state index contributed by atoms with van der Waals surface area (Å²) in [5, 5.41) is 1.49. The molecular weight excluding hydrogens is 202 g/mol. The molecule has 0 atom stereocenters. The van der Waals surface area contributed by atoms with E-state index in [0.29, 0.717) is 10.8 Å². The maximum absolute atomic E-state index is 11.3. The second-order valence-electron chi connectivity index (χ2n) is 2.90. The van der Waals surface area contributed by atoms with Gasteiger partial charge in [0.1, 0.15) is 0 Å².